The van der Waals surface area contributed by atoms with E-state index in [-0.39, 0.29) is 11.9 Å². The number of nitrogens with one attached hydrogen (secondary N) is 1. The number of carbonyl (C=O) groups excluding carboxylic acids is 1. The normalized spacial score (nSPS) is 14.1. The fraction of sp³-hybridized carbons (Fsp3) is 0.409. The molecule has 0 spiro atoms. The molecular formula is C22H28N2O3. The molecule has 0 aromatic heterocycles. The zero-order valence-electron chi connectivity index (χ0n) is 16.8. The van der Waals surface area contributed by atoms with E-state index >= 15 is 0 Å². The molecule has 0 unspecified atom stereocenters. The molecule has 1 aliphatic heterocycles. The third-order valence-electron chi connectivity index (χ3n) is 5.00. The van der Waals surface area contributed by atoms with Gasteiger partial charge in [0.05, 0.1) is 6.04 Å². The van der Waals surface area contributed by atoms with E-state index in [1.807, 2.05) is 50.9 Å². The fourth-order valence-corrected chi connectivity index (χ4v) is 3.42. The van der Waals surface area contributed by atoms with Crippen molar-refractivity contribution in [1.82, 2.24) is 4.90 Å². The van der Waals surface area contributed by atoms with Crippen molar-refractivity contribution >= 4 is 11.6 Å². The van der Waals surface area contributed by atoms with E-state index in [1.54, 1.807) is 0 Å². The Hall–Kier alpha value is -2.53. The number of amides is 1. The van der Waals surface area contributed by atoms with Gasteiger partial charge in [-0.2, -0.15) is 0 Å². The molecule has 1 heterocycles. The summed E-state index contributed by atoms with van der Waals surface area (Å²) in [6.45, 7) is 9.85. The second kappa shape index (κ2) is 8.01. The molecule has 1 N–H and O–H groups in total. The lowest BCUT2D eigenvalue weighted by molar-refractivity contribution is -0.120. The van der Waals surface area contributed by atoms with E-state index in [2.05, 4.69) is 24.4 Å². The predicted octanol–water partition coefficient (Wildman–Crippen LogP) is 3.84. The molecule has 5 nitrogen and oxygen atoms in total. The third-order valence-corrected chi connectivity index (χ3v) is 5.00. The topological polar surface area (TPSA) is 50.8 Å². The molecule has 0 aliphatic carbocycles. The molecule has 3 rings (SSSR count). The number of aryl methyl sites for hydroxylation is 3. The Bertz CT molecular complexity index is 824. The molecule has 0 bridgehead atoms. The second-order valence-corrected chi connectivity index (χ2v) is 7.33. The minimum atomic E-state index is -0.265. The van der Waals surface area contributed by atoms with Crippen molar-refractivity contribution in [1.29, 1.82) is 0 Å². The van der Waals surface area contributed by atoms with Crippen LogP contribution in [0.4, 0.5) is 5.69 Å². The highest BCUT2D eigenvalue weighted by Crippen LogP contribution is 2.31. The Morgan fingerprint density at radius 1 is 1.07 bits per heavy atom. The lowest BCUT2D eigenvalue weighted by Gasteiger charge is -2.25. The average molecular weight is 368 g/mol. The Morgan fingerprint density at radius 2 is 1.70 bits per heavy atom. The first-order chi connectivity index (χ1) is 12.8. The van der Waals surface area contributed by atoms with Gasteiger partial charge >= 0.3 is 0 Å². The first-order valence-corrected chi connectivity index (χ1v) is 9.32. The molecule has 0 radical (unpaired) electrons. The van der Waals surface area contributed by atoms with Crippen molar-refractivity contribution in [3.63, 3.8) is 0 Å². The number of rotatable bonds is 5. The largest absolute Gasteiger partial charge is 0.486 e. The minimum absolute atomic E-state index is 0.00917. The Balaban J connectivity index is 1.66. The number of likely N-dealkylation sites (N-methyl/N-ethyl adjacent to an activating group) is 1. The van der Waals surface area contributed by atoms with Gasteiger partial charge in [-0.3, -0.25) is 9.69 Å². The first-order valence-electron chi connectivity index (χ1n) is 9.32. The van der Waals surface area contributed by atoms with Crippen LogP contribution in [0.5, 0.6) is 11.5 Å². The number of carbonyl (C=O) groups is 1. The van der Waals surface area contributed by atoms with Gasteiger partial charge < -0.3 is 14.8 Å². The molecule has 2 aromatic carbocycles. The van der Waals surface area contributed by atoms with Crippen LogP contribution in [0.3, 0.4) is 0 Å². The van der Waals surface area contributed by atoms with Gasteiger partial charge in [-0.1, -0.05) is 23.8 Å². The molecule has 2 aromatic rings. The number of fused-ring (bicyclic) bond motifs is 1. The van der Waals surface area contributed by atoms with E-state index < -0.39 is 0 Å². The number of benzene rings is 2. The van der Waals surface area contributed by atoms with Crippen LogP contribution in [-0.2, 0) is 11.3 Å². The number of anilines is 1. The summed E-state index contributed by atoms with van der Waals surface area (Å²) in [4.78, 5) is 14.8. The molecule has 0 fully saturated rings. The van der Waals surface area contributed by atoms with Gasteiger partial charge in [0.1, 0.15) is 13.2 Å². The molecule has 0 saturated carbocycles. The highest BCUT2D eigenvalue weighted by molar-refractivity contribution is 5.95. The van der Waals surface area contributed by atoms with Crippen LogP contribution >= 0.6 is 0 Å². The standard InChI is InChI=1S/C22H28N2O3/c1-14-10-15(2)21(16(3)11-14)23-22(25)17(4)24(5)13-18-6-7-19-20(12-18)27-9-8-26-19/h6-7,10-12,17H,8-9,13H2,1-5H3,(H,23,25)/t17-/m1/s1. The maximum atomic E-state index is 12.8. The van der Waals surface area contributed by atoms with Crippen LogP contribution in [0.2, 0.25) is 0 Å². The molecule has 144 valence electrons. The summed E-state index contributed by atoms with van der Waals surface area (Å²) in [5, 5.41) is 3.10. The Kier molecular flexibility index (Phi) is 5.71. The maximum absolute atomic E-state index is 12.8. The zero-order chi connectivity index (χ0) is 19.6. The van der Waals surface area contributed by atoms with Gasteiger partial charge in [-0.05, 0) is 63.6 Å². The van der Waals surface area contributed by atoms with Crippen molar-refractivity contribution in [2.75, 3.05) is 25.6 Å². The van der Waals surface area contributed by atoms with Gasteiger partial charge in [0.15, 0.2) is 11.5 Å². The highest BCUT2D eigenvalue weighted by Gasteiger charge is 2.20. The number of hydrogen-bond acceptors (Lipinski definition) is 4. The van der Waals surface area contributed by atoms with Crippen molar-refractivity contribution in [3.8, 4) is 11.5 Å². The van der Waals surface area contributed by atoms with Gasteiger partial charge in [-0.25, -0.2) is 0 Å². The molecule has 5 heteroatoms. The molecule has 1 amide bonds. The molecule has 27 heavy (non-hydrogen) atoms. The zero-order valence-corrected chi connectivity index (χ0v) is 16.8. The van der Waals surface area contributed by atoms with Crippen LogP contribution in [-0.4, -0.2) is 37.1 Å². The summed E-state index contributed by atoms with van der Waals surface area (Å²) < 4.78 is 11.2. The van der Waals surface area contributed by atoms with Crippen LogP contribution < -0.4 is 14.8 Å². The summed E-state index contributed by atoms with van der Waals surface area (Å²) in [7, 11) is 1.95. The van der Waals surface area contributed by atoms with Crippen LogP contribution in [0.1, 0.15) is 29.2 Å². The van der Waals surface area contributed by atoms with Gasteiger partial charge in [0, 0.05) is 12.2 Å². The third kappa shape index (κ3) is 4.42. The SMILES string of the molecule is Cc1cc(C)c(NC(=O)[C@@H](C)N(C)Cc2ccc3c(c2)OCCO3)c(C)c1. The summed E-state index contributed by atoms with van der Waals surface area (Å²) in [5.41, 5.74) is 5.37. The van der Waals surface area contributed by atoms with E-state index in [0.717, 1.165) is 33.9 Å². The summed E-state index contributed by atoms with van der Waals surface area (Å²) in [6.07, 6.45) is 0. The highest BCUT2D eigenvalue weighted by atomic mass is 16.6. The quantitative estimate of drug-likeness (QED) is 0.871. The number of ether oxygens (including phenoxy) is 2. The van der Waals surface area contributed by atoms with Crippen molar-refractivity contribution in [2.45, 2.75) is 40.3 Å². The molecular weight excluding hydrogens is 340 g/mol. The van der Waals surface area contributed by atoms with E-state index in [9.17, 15) is 4.79 Å². The van der Waals surface area contributed by atoms with E-state index in [4.69, 9.17) is 9.47 Å². The van der Waals surface area contributed by atoms with E-state index in [0.29, 0.717) is 19.8 Å². The fourth-order valence-electron chi connectivity index (χ4n) is 3.42. The van der Waals surface area contributed by atoms with Crippen LogP contribution in [0.25, 0.3) is 0 Å². The smallest absolute Gasteiger partial charge is 0.241 e. The van der Waals surface area contributed by atoms with Crippen molar-refractivity contribution in [3.05, 3.63) is 52.6 Å². The number of nitrogens with zero attached hydrogens (tertiary/aromatic N) is 1. The Morgan fingerprint density at radius 3 is 2.37 bits per heavy atom. The average Bonchev–Trinajstić information content (AvgIpc) is 2.63. The first kappa shape index (κ1) is 19.2. The second-order valence-electron chi connectivity index (χ2n) is 7.33. The molecule has 1 atom stereocenters. The van der Waals surface area contributed by atoms with Crippen molar-refractivity contribution < 1.29 is 14.3 Å². The Labute approximate surface area is 161 Å². The molecule has 0 saturated heterocycles. The molecule has 1 aliphatic rings. The van der Waals surface area contributed by atoms with Crippen LogP contribution in [0, 0.1) is 20.8 Å². The van der Waals surface area contributed by atoms with E-state index in [1.165, 1.54) is 5.56 Å². The van der Waals surface area contributed by atoms with Gasteiger partial charge in [0.25, 0.3) is 0 Å². The van der Waals surface area contributed by atoms with Crippen LogP contribution in [0.15, 0.2) is 30.3 Å². The monoisotopic (exact) mass is 368 g/mol. The summed E-state index contributed by atoms with van der Waals surface area (Å²) in [5.74, 6) is 1.55. The van der Waals surface area contributed by atoms with Gasteiger partial charge in [0.2, 0.25) is 5.91 Å². The summed E-state index contributed by atoms with van der Waals surface area (Å²) in [6, 6.07) is 9.85. The lowest BCUT2D eigenvalue weighted by atomic mass is 10.0. The van der Waals surface area contributed by atoms with Gasteiger partial charge in [-0.15, -0.1) is 0 Å². The van der Waals surface area contributed by atoms with Crippen molar-refractivity contribution in [2.24, 2.45) is 0 Å². The number of hydrogen-bond donors (Lipinski definition) is 1. The maximum Gasteiger partial charge on any atom is 0.241 e. The lowest BCUT2D eigenvalue weighted by Crippen LogP contribution is -2.39. The minimum Gasteiger partial charge on any atom is -0.486 e. The summed E-state index contributed by atoms with van der Waals surface area (Å²) >= 11 is 0. The predicted molar refractivity (Wildman–Crippen MR) is 108 cm³/mol.